The van der Waals surface area contributed by atoms with Gasteiger partial charge in [-0.15, -0.1) is 11.3 Å². The molecule has 0 aliphatic carbocycles. The average molecular weight is 397 g/mol. The molecule has 1 aliphatic heterocycles. The minimum absolute atomic E-state index is 0.117. The topological polar surface area (TPSA) is 97.8 Å². The lowest BCUT2D eigenvalue weighted by molar-refractivity contribution is 0.162. The molecule has 0 spiro atoms. The van der Waals surface area contributed by atoms with Crippen molar-refractivity contribution in [1.82, 2.24) is 25.0 Å². The molecular weight excluding hydrogens is 378 g/mol. The van der Waals surface area contributed by atoms with Gasteiger partial charge >= 0.3 is 0 Å². The van der Waals surface area contributed by atoms with Crippen LogP contribution in [0.5, 0.6) is 5.75 Å². The van der Waals surface area contributed by atoms with Crippen LogP contribution < -0.4 is 10.3 Å². The van der Waals surface area contributed by atoms with Crippen molar-refractivity contribution in [3.63, 3.8) is 0 Å². The van der Waals surface area contributed by atoms with Crippen molar-refractivity contribution in [3.05, 3.63) is 52.5 Å². The number of hydrogen-bond donors (Lipinski definition) is 2. The lowest BCUT2D eigenvalue weighted by atomic mass is 9.99. The summed E-state index contributed by atoms with van der Waals surface area (Å²) >= 11 is 1.45. The molecule has 2 N–H and O–H groups in total. The minimum atomic E-state index is -0.213. The first-order chi connectivity index (χ1) is 13.8. The Morgan fingerprint density at radius 3 is 3.14 bits per heavy atom. The fraction of sp³-hybridized carbons (Fsp3) is 0.316. The van der Waals surface area contributed by atoms with E-state index in [4.69, 9.17) is 9.47 Å². The maximum atomic E-state index is 13.0. The molecule has 0 bridgehead atoms. The number of methoxy groups -OCH3 is 1. The highest BCUT2D eigenvalue weighted by molar-refractivity contribution is 7.22. The van der Waals surface area contributed by atoms with Crippen LogP contribution in [0.3, 0.4) is 0 Å². The predicted molar refractivity (Wildman–Crippen MR) is 106 cm³/mol. The molecule has 0 radical (unpaired) electrons. The Bertz CT molecular complexity index is 1160. The van der Waals surface area contributed by atoms with Crippen molar-refractivity contribution in [3.8, 4) is 16.2 Å². The van der Waals surface area contributed by atoms with E-state index in [0.29, 0.717) is 17.9 Å². The Labute approximate surface area is 164 Å². The number of hydrogen-bond acceptors (Lipinski definition) is 6. The Balaban J connectivity index is 1.80. The van der Waals surface area contributed by atoms with E-state index < -0.39 is 0 Å². The van der Waals surface area contributed by atoms with Crippen molar-refractivity contribution < 1.29 is 9.47 Å². The van der Waals surface area contributed by atoms with Crippen molar-refractivity contribution in [2.45, 2.75) is 18.9 Å². The molecule has 0 saturated heterocycles. The summed E-state index contributed by atoms with van der Waals surface area (Å²) in [5.41, 5.74) is 2.75. The number of nitrogens with zero attached hydrogens (tertiary/aromatic N) is 3. The Morgan fingerprint density at radius 1 is 1.46 bits per heavy atom. The average Bonchev–Trinajstić information content (AvgIpc) is 3.43. The van der Waals surface area contributed by atoms with Crippen LogP contribution in [0.2, 0.25) is 0 Å². The highest BCUT2D eigenvalue weighted by Gasteiger charge is 2.28. The third-order valence-electron chi connectivity index (χ3n) is 5.03. The number of aromatic nitrogens is 5. The van der Waals surface area contributed by atoms with Crippen LogP contribution in [0.4, 0.5) is 0 Å². The third kappa shape index (κ3) is 2.66. The molecule has 9 heteroatoms. The molecule has 5 heterocycles. The van der Waals surface area contributed by atoms with Crippen LogP contribution in [-0.2, 0) is 11.2 Å². The van der Waals surface area contributed by atoms with Gasteiger partial charge in [0.2, 0.25) is 0 Å². The van der Waals surface area contributed by atoms with E-state index >= 15 is 0 Å². The number of nitrogens with one attached hydrogen (secondary N) is 2. The van der Waals surface area contributed by atoms with E-state index in [-0.39, 0.29) is 11.6 Å². The van der Waals surface area contributed by atoms with E-state index in [2.05, 4.69) is 20.3 Å². The van der Waals surface area contributed by atoms with Gasteiger partial charge < -0.3 is 14.5 Å². The number of ether oxygens (including phenoxy) is 2. The lowest BCUT2D eigenvalue weighted by Crippen LogP contribution is -2.23. The van der Waals surface area contributed by atoms with Crippen LogP contribution in [0, 0.1) is 0 Å². The second-order valence-electron chi connectivity index (χ2n) is 6.71. The first-order valence-corrected chi connectivity index (χ1v) is 9.91. The number of aromatic amines is 2. The highest BCUT2D eigenvalue weighted by Crippen LogP contribution is 2.46. The van der Waals surface area contributed by atoms with E-state index in [1.54, 1.807) is 19.5 Å². The Kier molecular flexibility index (Phi) is 4.25. The zero-order valence-electron chi connectivity index (χ0n) is 15.3. The van der Waals surface area contributed by atoms with Crippen molar-refractivity contribution in [2.24, 2.45) is 0 Å². The molecule has 8 nitrogen and oxygen atoms in total. The zero-order valence-corrected chi connectivity index (χ0v) is 16.1. The van der Waals surface area contributed by atoms with Gasteiger partial charge in [-0.3, -0.25) is 14.6 Å². The summed E-state index contributed by atoms with van der Waals surface area (Å²) in [6.07, 6.45) is 8.88. The summed E-state index contributed by atoms with van der Waals surface area (Å²) in [6, 6.07) is 1.66. The largest absolute Gasteiger partial charge is 0.491 e. The van der Waals surface area contributed by atoms with Gasteiger partial charge in [-0.2, -0.15) is 10.2 Å². The van der Waals surface area contributed by atoms with Gasteiger partial charge in [-0.05, 0) is 24.5 Å². The summed E-state index contributed by atoms with van der Waals surface area (Å²) in [5, 5.41) is 12.2. The van der Waals surface area contributed by atoms with Crippen molar-refractivity contribution >= 4 is 21.4 Å². The molecule has 0 amide bonds. The number of thiophene rings is 1. The van der Waals surface area contributed by atoms with Crippen LogP contribution in [-0.4, -0.2) is 45.3 Å². The summed E-state index contributed by atoms with van der Waals surface area (Å²) in [4.78, 5) is 17.1. The first kappa shape index (κ1) is 17.2. The van der Waals surface area contributed by atoms with Crippen molar-refractivity contribution in [1.29, 1.82) is 0 Å². The number of H-pyrrole nitrogens is 2. The normalized spacial score (nSPS) is 14.8. The van der Waals surface area contributed by atoms with E-state index in [1.165, 1.54) is 11.3 Å². The molecule has 4 aromatic rings. The van der Waals surface area contributed by atoms with Gasteiger partial charge in [0.15, 0.2) is 0 Å². The smallest absolute Gasteiger partial charge is 0.266 e. The predicted octanol–water partition coefficient (Wildman–Crippen LogP) is 2.74. The zero-order chi connectivity index (χ0) is 19.1. The van der Waals surface area contributed by atoms with Crippen LogP contribution >= 0.6 is 11.3 Å². The van der Waals surface area contributed by atoms with Crippen molar-refractivity contribution in [2.75, 3.05) is 20.3 Å². The number of rotatable bonds is 5. The second kappa shape index (κ2) is 6.92. The molecule has 5 rings (SSSR count). The van der Waals surface area contributed by atoms with Gasteiger partial charge in [0.25, 0.3) is 5.56 Å². The van der Waals surface area contributed by atoms with E-state index in [0.717, 1.165) is 45.7 Å². The molecular formula is C19H19N5O3S. The maximum absolute atomic E-state index is 13.0. The fourth-order valence-electron chi connectivity index (χ4n) is 3.82. The molecule has 0 unspecified atom stereocenters. The molecule has 0 fully saturated rings. The summed E-state index contributed by atoms with van der Waals surface area (Å²) in [5.74, 6) is 0.776. The van der Waals surface area contributed by atoms with Crippen LogP contribution in [0.15, 0.2) is 35.6 Å². The third-order valence-corrected chi connectivity index (χ3v) is 6.24. The van der Waals surface area contributed by atoms with Gasteiger partial charge in [0, 0.05) is 42.3 Å². The van der Waals surface area contributed by atoms with Gasteiger partial charge in [-0.1, -0.05) is 0 Å². The van der Waals surface area contributed by atoms with E-state index in [9.17, 15) is 4.79 Å². The molecule has 0 saturated carbocycles. The van der Waals surface area contributed by atoms with Gasteiger partial charge in [0.1, 0.15) is 16.5 Å². The standard InChI is InChI=1S/C19H19N5O3S/c1-26-10-13(24-6-3-5-22-24)15-12-4-2-7-27-16-14(12)18(19(25)23-15)28-17(16)11-8-20-21-9-11/h3,5-6,8-9,13H,2,4,7,10H2,1H3,(H,20,21)(H,23,25)/t13-/m1/s1. The first-order valence-electron chi connectivity index (χ1n) is 9.09. The number of aryl methyl sites for hydroxylation is 1. The molecule has 1 aliphatic rings. The molecule has 1 atom stereocenters. The monoisotopic (exact) mass is 397 g/mol. The Morgan fingerprint density at radius 2 is 2.39 bits per heavy atom. The minimum Gasteiger partial charge on any atom is -0.491 e. The fourth-order valence-corrected chi connectivity index (χ4v) is 4.97. The van der Waals surface area contributed by atoms with Gasteiger partial charge in [-0.25, -0.2) is 0 Å². The summed E-state index contributed by atoms with van der Waals surface area (Å²) in [6.45, 7) is 1.01. The molecule has 4 aromatic heterocycles. The summed E-state index contributed by atoms with van der Waals surface area (Å²) in [7, 11) is 1.65. The quantitative estimate of drug-likeness (QED) is 0.540. The number of pyridine rings is 1. The lowest BCUT2D eigenvalue weighted by Gasteiger charge is -2.20. The maximum Gasteiger partial charge on any atom is 0.266 e. The van der Waals surface area contributed by atoms with Gasteiger partial charge in [0.05, 0.1) is 24.3 Å². The van der Waals surface area contributed by atoms with E-state index in [1.807, 2.05) is 23.1 Å². The Hall–Kier alpha value is -2.91. The second-order valence-corrected chi connectivity index (χ2v) is 7.73. The highest BCUT2D eigenvalue weighted by atomic mass is 32.1. The SMILES string of the molecule is COC[C@H](c1[nH]c(=O)c2sc(-c3cn[nH]c3)c3c2c1CCCO3)n1cccn1. The van der Waals surface area contributed by atoms with Crippen LogP contribution in [0.1, 0.15) is 23.7 Å². The molecule has 28 heavy (non-hydrogen) atoms. The molecule has 144 valence electrons. The van der Waals surface area contributed by atoms with Crippen LogP contribution in [0.25, 0.3) is 20.5 Å². The molecule has 0 aromatic carbocycles. The summed E-state index contributed by atoms with van der Waals surface area (Å²) < 4.78 is 14.1.